The van der Waals surface area contributed by atoms with Gasteiger partial charge in [0.15, 0.2) is 5.54 Å². The maximum absolute atomic E-state index is 14.8. The maximum atomic E-state index is 14.8. The zero-order valence-electron chi connectivity index (χ0n) is 21.1. The molecule has 0 bridgehead atoms. The molecule has 38 heavy (non-hydrogen) atoms. The summed E-state index contributed by atoms with van der Waals surface area (Å²) < 4.78 is 19.1. The van der Waals surface area contributed by atoms with Crippen LogP contribution < -0.4 is 9.64 Å². The SMILES string of the molecule is COc1ccc(CN2C(=O)[C@@]3(SC2=S)[C@H](c2cccnc2)CN(C)[C@]32C(=O)N(C)c3ccc(F)cc32)cc1. The summed E-state index contributed by atoms with van der Waals surface area (Å²) in [5.41, 5.74) is 1.31. The standard InChI is InChI=1S/C28H25FN4O3S2/c1-31-16-22(18-5-4-12-30-14-18)28(27(31)21-13-19(29)8-11-23(21)32(2)24(27)34)25(35)33(26(37)38-28)15-17-6-9-20(36-3)10-7-17/h4-14,22H,15-16H2,1-3H3/t22-,27+,28-/m0/s1. The molecule has 0 N–H and O–H groups in total. The highest BCUT2D eigenvalue weighted by Crippen LogP contribution is 2.66. The van der Waals surface area contributed by atoms with Gasteiger partial charge in [0.25, 0.3) is 5.91 Å². The van der Waals surface area contributed by atoms with Crippen molar-refractivity contribution in [2.75, 3.05) is 32.6 Å². The summed E-state index contributed by atoms with van der Waals surface area (Å²) in [5, 5.41) is 0. The lowest BCUT2D eigenvalue weighted by Gasteiger charge is -2.42. The van der Waals surface area contributed by atoms with E-state index in [9.17, 15) is 14.0 Å². The van der Waals surface area contributed by atoms with Gasteiger partial charge in [0.1, 0.15) is 20.6 Å². The molecule has 0 aliphatic carbocycles. The van der Waals surface area contributed by atoms with Gasteiger partial charge in [-0.2, -0.15) is 0 Å². The van der Waals surface area contributed by atoms with Crippen LogP contribution in [0.2, 0.25) is 0 Å². The van der Waals surface area contributed by atoms with E-state index in [1.807, 2.05) is 48.3 Å². The first-order valence-electron chi connectivity index (χ1n) is 12.1. The molecule has 0 saturated carbocycles. The van der Waals surface area contributed by atoms with E-state index in [-0.39, 0.29) is 18.4 Å². The van der Waals surface area contributed by atoms with Crippen molar-refractivity contribution < 1.29 is 18.7 Å². The Kier molecular flexibility index (Phi) is 5.82. The number of ether oxygens (including phenoxy) is 1. The summed E-state index contributed by atoms with van der Waals surface area (Å²) in [6.07, 6.45) is 3.41. The highest BCUT2D eigenvalue weighted by atomic mass is 32.2. The van der Waals surface area contributed by atoms with Crippen LogP contribution in [0, 0.1) is 5.82 Å². The van der Waals surface area contributed by atoms with E-state index >= 15 is 0 Å². The number of aromatic nitrogens is 1. The van der Waals surface area contributed by atoms with E-state index in [2.05, 4.69) is 4.98 Å². The van der Waals surface area contributed by atoms with Crippen molar-refractivity contribution >= 4 is 45.8 Å². The zero-order chi connectivity index (χ0) is 26.8. The van der Waals surface area contributed by atoms with Crippen LogP contribution in [-0.4, -0.2) is 63.4 Å². The monoisotopic (exact) mass is 548 g/mol. The van der Waals surface area contributed by atoms with E-state index in [0.29, 0.717) is 27.9 Å². The van der Waals surface area contributed by atoms with Gasteiger partial charge < -0.3 is 9.64 Å². The fraction of sp³-hybridized carbons (Fsp3) is 0.286. The van der Waals surface area contributed by atoms with Crippen LogP contribution in [0.5, 0.6) is 5.75 Å². The average molecular weight is 549 g/mol. The Morgan fingerprint density at radius 3 is 2.58 bits per heavy atom. The second-order valence-corrected chi connectivity index (χ2v) is 11.7. The lowest BCUT2D eigenvalue weighted by molar-refractivity contribution is -0.139. The van der Waals surface area contributed by atoms with Crippen molar-refractivity contribution in [1.82, 2.24) is 14.8 Å². The first-order valence-corrected chi connectivity index (χ1v) is 13.4. The van der Waals surface area contributed by atoms with E-state index in [1.165, 1.54) is 28.8 Å². The Labute approximate surface area is 229 Å². The number of fused-ring (bicyclic) bond motifs is 3. The molecular weight excluding hydrogens is 523 g/mol. The molecule has 3 atom stereocenters. The quantitative estimate of drug-likeness (QED) is 0.458. The van der Waals surface area contributed by atoms with E-state index < -0.39 is 22.0 Å². The number of likely N-dealkylation sites (tertiary alicyclic amines) is 1. The zero-order valence-corrected chi connectivity index (χ0v) is 22.7. The number of halogens is 1. The Hall–Kier alpha value is -3.34. The molecule has 2 saturated heterocycles. The van der Waals surface area contributed by atoms with Crippen LogP contribution in [-0.2, 0) is 21.7 Å². The van der Waals surface area contributed by atoms with Gasteiger partial charge in [-0.3, -0.25) is 24.4 Å². The molecule has 6 rings (SSSR count). The van der Waals surface area contributed by atoms with Crippen molar-refractivity contribution in [3.8, 4) is 5.75 Å². The maximum Gasteiger partial charge on any atom is 0.254 e. The van der Waals surface area contributed by atoms with Crippen molar-refractivity contribution in [1.29, 1.82) is 0 Å². The van der Waals surface area contributed by atoms with Gasteiger partial charge in [0.2, 0.25) is 5.91 Å². The molecule has 0 unspecified atom stereocenters. The van der Waals surface area contributed by atoms with Gasteiger partial charge in [0, 0.05) is 43.2 Å². The number of hydrogen-bond acceptors (Lipinski definition) is 7. The van der Waals surface area contributed by atoms with Gasteiger partial charge >= 0.3 is 0 Å². The molecule has 10 heteroatoms. The number of amides is 2. The molecule has 1 aromatic heterocycles. The summed E-state index contributed by atoms with van der Waals surface area (Å²) >= 11 is 7.08. The van der Waals surface area contributed by atoms with Crippen LogP contribution >= 0.6 is 24.0 Å². The van der Waals surface area contributed by atoms with Crippen LogP contribution in [0.1, 0.15) is 22.6 Å². The lowest BCUT2D eigenvalue weighted by Crippen LogP contribution is -2.62. The smallest absolute Gasteiger partial charge is 0.254 e. The van der Waals surface area contributed by atoms with Crippen LogP contribution in [0.25, 0.3) is 0 Å². The summed E-state index contributed by atoms with van der Waals surface area (Å²) in [5.74, 6) is -0.722. The average Bonchev–Trinajstić information content (AvgIpc) is 3.43. The summed E-state index contributed by atoms with van der Waals surface area (Å²) in [6.45, 7) is 0.634. The molecule has 2 aromatic carbocycles. The Balaban J connectivity index is 1.56. The number of pyridine rings is 1. The van der Waals surface area contributed by atoms with Crippen LogP contribution in [0.3, 0.4) is 0 Å². The Morgan fingerprint density at radius 2 is 1.89 bits per heavy atom. The molecule has 3 aromatic rings. The number of carbonyl (C=O) groups is 2. The topological polar surface area (TPSA) is 66.0 Å². The fourth-order valence-corrected chi connectivity index (χ4v) is 8.43. The predicted octanol–water partition coefficient (Wildman–Crippen LogP) is 3.93. The second-order valence-electron chi connectivity index (χ2n) is 9.80. The minimum absolute atomic E-state index is 0.246. The largest absolute Gasteiger partial charge is 0.497 e. The van der Waals surface area contributed by atoms with Crippen molar-refractivity contribution in [2.45, 2.75) is 22.7 Å². The van der Waals surface area contributed by atoms with Gasteiger partial charge in [-0.15, -0.1) is 0 Å². The van der Waals surface area contributed by atoms with Gasteiger partial charge in [-0.25, -0.2) is 4.39 Å². The molecule has 2 spiro atoms. The summed E-state index contributed by atoms with van der Waals surface area (Å²) in [7, 11) is 5.09. The second kappa shape index (κ2) is 8.86. The number of thiocarbonyl (C=S) groups is 1. The first-order chi connectivity index (χ1) is 18.3. The van der Waals surface area contributed by atoms with E-state index in [4.69, 9.17) is 17.0 Å². The third-order valence-corrected chi connectivity index (χ3v) is 9.94. The Bertz CT molecular complexity index is 1470. The number of hydrogen-bond donors (Lipinski definition) is 0. The predicted molar refractivity (Wildman–Crippen MR) is 148 cm³/mol. The summed E-state index contributed by atoms with van der Waals surface area (Å²) in [6, 6.07) is 15.5. The minimum atomic E-state index is -1.46. The number of thioether (sulfide) groups is 1. The van der Waals surface area contributed by atoms with E-state index in [1.54, 1.807) is 37.5 Å². The van der Waals surface area contributed by atoms with Crippen LogP contribution in [0.4, 0.5) is 10.1 Å². The van der Waals surface area contributed by atoms with Gasteiger partial charge in [-0.05, 0) is 54.6 Å². The highest BCUT2D eigenvalue weighted by molar-refractivity contribution is 8.25. The lowest BCUT2D eigenvalue weighted by atomic mass is 9.72. The van der Waals surface area contributed by atoms with Crippen molar-refractivity contribution in [3.05, 3.63) is 89.5 Å². The number of rotatable bonds is 4. The molecule has 4 heterocycles. The fourth-order valence-electron chi connectivity index (χ4n) is 6.30. The number of methoxy groups -OCH3 is 1. The number of anilines is 1. The third kappa shape index (κ3) is 3.17. The van der Waals surface area contributed by atoms with Gasteiger partial charge in [-0.1, -0.05) is 42.2 Å². The highest BCUT2D eigenvalue weighted by Gasteiger charge is 2.78. The Morgan fingerprint density at radius 1 is 1.13 bits per heavy atom. The van der Waals surface area contributed by atoms with Crippen LogP contribution in [0.15, 0.2) is 67.0 Å². The van der Waals surface area contributed by atoms with Crippen molar-refractivity contribution in [3.63, 3.8) is 0 Å². The molecule has 7 nitrogen and oxygen atoms in total. The molecule has 3 aliphatic rings. The molecular formula is C28H25FN4O3S2. The number of benzene rings is 2. The normalized spacial score (nSPS) is 26.7. The number of nitrogens with zero attached hydrogens (tertiary/aromatic N) is 4. The molecule has 2 amide bonds. The summed E-state index contributed by atoms with van der Waals surface area (Å²) in [4.78, 5) is 38.4. The number of likely N-dealkylation sites (N-methyl/N-ethyl adjacent to an activating group) is 2. The molecule has 194 valence electrons. The molecule has 3 aliphatic heterocycles. The molecule has 2 fully saturated rings. The van der Waals surface area contributed by atoms with E-state index in [0.717, 1.165) is 11.1 Å². The third-order valence-electron chi connectivity index (χ3n) is 8.00. The van der Waals surface area contributed by atoms with Gasteiger partial charge in [0.05, 0.1) is 13.7 Å². The number of carbonyl (C=O) groups excluding carboxylic acids is 2. The minimum Gasteiger partial charge on any atom is -0.497 e. The molecule has 0 radical (unpaired) electrons. The van der Waals surface area contributed by atoms with Crippen molar-refractivity contribution in [2.24, 2.45) is 0 Å². The first kappa shape index (κ1) is 25.0.